The van der Waals surface area contributed by atoms with E-state index in [1.165, 1.54) is 0 Å². The standard InChI is InChI=1S/C22H30ClN3O6/c1-14(2)31-22-17(12-19(27)32-22)25-21(29)18-8-5-10-26(18)13-30-11-9-24-20(28)15-6-3-4-7-16(15)23/h3-4,6-7,14,17-18,22H,5,8-13H2,1-2H3,(H,24,28)(H,25,29)/t17-,18-,22+/m0/s1. The Labute approximate surface area is 192 Å². The number of halogens is 1. The van der Waals surface area contributed by atoms with Crippen LogP contribution in [0.25, 0.3) is 0 Å². The van der Waals surface area contributed by atoms with Gasteiger partial charge >= 0.3 is 5.97 Å². The average molecular weight is 468 g/mol. The lowest BCUT2D eigenvalue weighted by atomic mass is 10.1. The van der Waals surface area contributed by atoms with Crippen LogP contribution in [0, 0.1) is 0 Å². The maximum absolute atomic E-state index is 12.8. The van der Waals surface area contributed by atoms with Gasteiger partial charge in [0.15, 0.2) is 0 Å². The monoisotopic (exact) mass is 467 g/mol. The van der Waals surface area contributed by atoms with Gasteiger partial charge in [0.1, 0.15) is 6.04 Å². The summed E-state index contributed by atoms with van der Waals surface area (Å²) in [6.45, 7) is 5.32. The van der Waals surface area contributed by atoms with Crippen molar-refractivity contribution in [3.63, 3.8) is 0 Å². The van der Waals surface area contributed by atoms with Crippen molar-refractivity contribution in [3.05, 3.63) is 34.9 Å². The number of ether oxygens (including phenoxy) is 3. The molecule has 176 valence electrons. The Balaban J connectivity index is 1.40. The first-order valence-electron chi connectivity index (χ1n) is 10.8. The number of nitrogens with zero attached hydrogens (tertiary/aromatic N) is 1. The van der Waals surface area contributed by atoms with Crippen LogP contribution in [0.1, 0.15) is 43.5 Å². The number of carbonyl (C=O) groups excluding carboxylic acids is 3. The van der Waals surface area contributed by atoms with Gasteiger partial charge in [-0.25, -0.2) is 0 Å². The van der Waals surface area contributed by atoms with E-state index in [9.17, 15) is 14.4 Å². The number of nitrogens with one attached hydrogen (secondary N) is 2. The summed E-state index contributed by atoms with van der Waals surface area (Å²) in [5, 5.41) is 6.06. The maximum Gasteiger partial charge on any atom is 0.310 e. The van der Waals surface area contributed by atoms with Gasteiger partial charge in [-0.15, -0.1) is 0 Å². The zero-order valence-corrected chi connectivity index (χ0v) is 19.1. The molecular formula is C22H30ClN3O6. The highest BCUT2D eigenvalue weighted by Crippen LogP contribution is 2.21. The summed E-state index contributed by atoms with van der Waals surface area (Å²) in [5.41, 5.74) is 0.416. The molecule has 3 atom stereocenters. The van der Waals surface area contributed by atoms with E-state index in [-0.39, 0.29) is 43.1 Å². The van der Waals surface area contributed by atoms with E-state index in [4.69, 9.17) is 25.8 Å². The highest BCUT2D eigenvalue weighted by Gasteiger charge is 2.40. The smallest absolute Gasteiger partial charge is 0.310 e. The molecule has 0 aromatic heterocycles. The predicted octanol–water partition coefficient (Wildman–Crippen LogP) is 1.69. The average Bonchev–Trinajstić information content (AvgIpc) is 3.33. The highest BCUT2D eigenvalue weighted by molar-refractivity contribution is 6.33. The van der Waals surface area contributed by atoms with Crippen LogP contribution >= 0.6 is 11.6 Å². The molecule has 0 saturated carbocycles. The van der Waals surface area contributed by atoms with Crippen molar-refractivity contribution in [1.29, 1.82) is 0 Å². The molecule has 10 heteroatoms. The molecule has 0 spiro atoms. The molecule has 9 nitrogen and oxygen atoms in total. The van der Waals surface area contributed by atoms with Gasteiger partial charge in [-0.2, -0.15) is 0 Å². The normalized spacial score (nSPS) is 23.4. The Morgan fingerprint density at radius 3 is 2.84 bits per heavy atom. The van der Waals surface area contributed by atoms with Crippen LogP contribution in [0.5, 0.6) is 0 Å². The highest BCUT2D eigenvalue weighted by atomic mass is 35.5. The fourth-order valence-electron chi connectivity index (χ4n) is 3.76. The Hall–Kier alpha value is -2.20. The minimum absolute atomic E-state index is 0.0947. The third-order valence-corrected chi connectivity index (χ3v) is 5.60. The zero-order chi connectivity index (χ0) is 23.1. The lowest BCUT2D eigenvalue weighted by molar-refractivity contribution is -0.173. The first-order valence-corrected chi connectivity index (χ1v) is 11.2. The van der Waals surface area contributed by atoms with Crippen molar-refractivity contribution in [1.82, 2.24) is 15.5 Å². The van der Waals surface area contributed by atoms with Gasteiger partial charge in [-0.1, -0.05) is 23.7 Å². The van der Waals surface area contributed by atoms with Crippen molar-refractivity contribution in [2.24, 2.45) is 0 Å². The molecule has 2 N–H and O–H groups in total. The van der Waals surface area contributed by atoms with Gasteiger partial charge < -0.3 is 24.8 Å². The van der Waals surface area contributed by atoms with E-state index in [1.807, 2.05) is 18.7 Å². The van der Waals surface area contributed by atoms with Gasteiger partial charge in [-0.05, 0) is 38.8 Å². The second-order valence-corrected chi connectivity index (χ2v) is 8.51. The Morgan fingerprint density at radius 2 is 2.09 bits per heavy atom. The lowest BCUT2D eigenvalue weighted by Gasteiger charge is -2.26. The van der Waals surface area contributed by atoms with E-state index < -0.39 is 12.3 Å². The van der Waals surface area contributed by atoms with E-state index in [0.29, 0.717) is 30.2 Å². The zero-order valence-electron chi connectivity index (χ0n) is 18.3. The maximum atomic E-state index is 12.8. The molecule has 32 heavy (non-hydrogen) atoms. The minimum atomic E-state index is -0.765. The van der Waals surface area contributed by atoms with Gasteiger partial charge in [-0.3, -0.25) is 19.3 Å². The second kappa shape index (κ2) is 11.6. The lowest BCUT2D eigenvalue weighted by Crippen LogP contribution is -2.50. The van der Waals surface area contributed by atoms with Crippen LogP contribution in [0.4, 0.5) is 0 Å². The van der Waals surface area contributed by atoms with Gasteiger partial charge in [0.25, 0.3) is 5.91 Å². The van der Waals surface area contributed by atoms with E-state index in [0.717, 1.165) is 13.0 Å². The molecule has 0 unspecified atom stereocenters. The van der Waals surface area contributed by atoms with Gasteiger partial charge in [0.2, 0.25) is 12.2 Å². The Kier molecular flexibility index (Phi) is 8.86. The van der Waals surface area contributed by atoms with Crippen molar-refractivity contribution in [2.45, 2.75) is 57.6 Å². The van der Waals surface area contributed by atoms with Crippen molar-refractivity contribution >= 4 is 29.4 Å². The van der Waals surface area contributed by atoms with Crippen LogP contribution in [-0.4, -0.2) is 73.6 Å². The second-order valence-electron chi connectivity index (χ2n) is 8.11. The largest absolute Gasteiger partial charge is 0.433 e. The molecule has 1 aromatic rings. The number of likely N-dealkylation sites (tertiary alicyclic amines) is 1. The number of hydrogen-bond acceptors (Lipinski definition) is 7. The first kappa shape index (κ1) is 24.4. The van der Waals surface area contributed by atoms with Gasteiger partial charge in [0.05, 0.1) is 42.5 Å². The molecule has 0 radical (unpaired) electrons. The third kappa shape index (κ3) is 6.65. The molecule has 2 aliphatic heterocycles. The molecule has 2 saturated heterocycles. The summed E-state index contributed by atoms with van der Waals surface area (Å²) in [6.07, 6.45) is 0.781. The summed E-state index contributed by atoms with van der Waals surface area (Å²) in [6, 6.07) is 5.99. The SMILES string of the molecule is CC(C)O[C@@H]1OC(=O)C[C@@H]1NC(=O)[C@@H]1CCCN1COCCNC(=O)c1ccccc1Cl. The molecule has 1 aromatic carbocycles. The topological polar surface area (TPSA) is 106 Å². The molecule has 2 fully saturated rings. The summed E-state index contributed by atoms with van der Waals surface area (Å²) in [4.78, 5) is 38.6. The van der Waals surface area contributed by atoms with E-state index in [2.05, 4.69) is 10.6 Å². The van der Waals surface area contributed by atoms with Crippen LogP contribution in [0.15, 0.2) is 24.3 Å². The quantitative estimate of drug-likeness (QED) is 0.398. The molecule has 2 amide bonds. The first-order chi connectivity index (χ1) is 15.3. The summed E-state index contributed by atoms with van der Waals surface area (Å²) < 4.78 is 16.4. The van der Waals surface area contributed by atoms with Gasteiger partial charge in [0, 0.05) is 13.1 Å². The summed E-state index contributed by atoms with van der Waals surface area (Å²) >= 11 is 6.02. The van der Waals surface area contributed by atoms with Crippen molar-refractivity contribution < 1.29 is 28.6 Å². The Bertz CT molecular complexity index is 821. The number of benzene rings is 1. The summed E-state index contributed by atoms with van der Waals surface area (Å²) in [7, 11) is 0. The number of carbonyl (C=O) groups is 3. The molecule has 3 rings (SSSR count). The van der Waals surface area contributed by atoms with Crippen molar-refractivity contribution in [2.75, 3.05) is 26.4 Å². The number of hydrogen-bond donors (Lipinski definition) is 2. The molecule has 0 aliphatic carbocycles. The summed E-state index contributed by atoms with van der Waals surface area (Å²) in [5.74, 6) is -0.811. The number of cyclic esters (lactones) is 1. The fourth-order valence-corrected chi connectivity index (χ4v) is 3.98. The number of amides is 2. The molecule has 0 bridgehead atoms. The van der Waals surface area contributed by atoms with E-state index in [1.54, 1.807) is 24.3 Å². The predicted molar refractivity (Wildman–Crippen MR) is 117 cm³/mol. The third-order valence-electron chi connectivity index (χ3n) is 5.27. The van der Waals surface area contributed by atoms with Crippen LogP contribution in [-0.2, 0) is 23.8 Å². The number of rotatable bonds is 10. The fraction of sp³-hybridized carbons (Fsp3) is 0.591. The number of esters is 1. The van der Waals surface area contributed by atoms with Crippen LogP contribution in [0.2, 0.25) is 5.02 Å². The van der Waals surface area contributed by atoms with E-state index >= 15 is 0 Å². The molecular weight excluding hydrogens is 438 g/mol. The van der Waals surface area contributed by atoms with Crippen LogP contribution < -0.4 is 10.6 Å². The van der Waals surface area contributed by atoms with Crippen molar-refractivity contribution in [3.8, 4) is 0 Å². The Morgan fingerprint density at radius 1 is 1.31 bits per heavy atom. The van der Waals surface area contributed by atoms with Crippen LogP contribution in [0.3, 0.4) is 0 Å². The molecule has 2 aliphatic rings. The minimum Gasteiger partial charge on any atom is -0.433 e. The molecule has 2 heterocycles.